The van der Waals surface area contributed by atoms with Gasteiger partial charge < -0.3 is 9.80 Å². The molecule has 2 fully saturated rings. The number of fused-ring (bicyclic) bond motifs is 1. The van der Waals surface area contributed by atoms with E-state index < -0.39 is 6.35 Å². The van der Waals surface area contributed by atoms with E-state index >= 15 is 0 Å². The summed E-state index contributed by atoms with van der Waals surface area (Å²) in [6.07, 6.45) is 6.21. The third-order valence-electron chi connectivity index (χ3n) is 7.23. The number of nitrogens with zero attached hydrogens (tertiary/aromatic N) is 3. The first-order valence-electron chi connectivity index (χ1n) is 11.1. The molecule has 3 aliphatic rings. The summed E-state index contributed by atoms with van der Waals surface area (Å²) in [6, 6.07) is 19.3. The van der Waals surface area contributed by atoms with Crippen LogP contribution in [0.4, 0.5) is 15.9 Å². The maximum absolute atomic E-state index is 14.7. The quantitative estimate of drug-likeness (QED) is 0.568. The zero-order valence-electron chi connectivity index (χ0n) is 17.2. The highest BCUT2D eigenvalue weighted by Gasteiger charge is 2.42. The van der Waals surface area contributed by atoms with Crippen LogP contribution in [0.2, 0.25) is 0 Å². The highest BCUT2D eigenvalue weighted by atomic mass is 35.5. The molecule has 0 N–H and O–H groups in total. The van der Waals surface area contributed by atoms with E-state index in [1.807, 2.05) is 23.1 Å². The lowest BCUT2D eigenvalue weighted by molar-refractivity contribution is 0.0963. The Kier molecular flexibility index (Phi) is 5.85. The van der Waals surface area contributed by atoms with Gasteiger partial charge in [0.05, 0.1) is 23.2 Å². The van der Waals surface area contributed by atoms with E-state index in [1.54, 1.807) is 6.07 Å². The summed E-state index contributed by atoms with van der Waals surface area (Å²) in [5.41, 5.74) is 2.88. The number of rotatable bonds is 4. The standard InChI is InChI=1S/C24H29ClFN3O/c25-30-24-28(22-11-4-5-12-23(22)29(24)26)20-13-15-27(16-14-20)21-10-6-9-19(17-21)18-7-2-1-3-8-18/h1-5,7-8,11-12,19-21,24H,6,9-10,13-17H2/t19?,21?,24-/m0/s1. The summed E-state index contributed by atoms with van der Waals surface area (Å²) >= 11 is 5.70. The first-order valence-corrected chi connectivity index (χ1v) is 11.5. The Balaban J connectivity index is 1.24. The average Bonchev–Trinajstić information content (AvgIpc) is 3.11. The molecule has 0 amide bonds. The fraction of sp³-hybridized carbons (Fsp3) is 0.500. The SMILES string of the molecule is FN1c2ccccc2N(C2CCN(C3CCCC(c4ccccc4)C3)CC2)[C@@H]1OCl. The number of anilines is 2. The second-order valence-corrected chi connectivity index (χ2v) is 9.00. The number of hydrogen-bond acceptors (Lipinski definition) is 4. The van der Waals surface area contributed by atoms with Gasteiger partial charge in [0.1, 0.15) is 0 Å². The molecule has 0 bridgehead atoms. The van der Waals surface area contributed by atoms with Crippen LogP contribution in [0.5, 0.6) is 0 Å². The van der Waals surface area contributed by atoms with Crippen molar-refractivity contribution in [1.82, 2.24) is 4.90 Å². The summed E-state index contributed by atoms with van der Waals surface area (Å²) in [7, 11) is 0. The summed E-state index contributed by atoms with van der Waals surface area (Å²) in [5.74, 6) is 0.669. The van der Waals surface area contributed by atoms with E-state index in [4.69, 9.17) is 16.2 Å². The van der Waals surface area contributed by atoms with Gasteiger partial charge in [0.2, 0.25) is 0 Å². The fourth-order valence-electron chi connectivity index (χ4n) is 5.72. The fourth-order valence-corrected chi connectivity index (χ4v) is 5.87. The van der Waals surface area contributed by atoms with Crippen LogP contribution in [-0.4, -0.2) is 36.4 Å². The Morgan fingerprint density at radius 3 is 2.27 bits per heavy atom. The largest absolute Gasteiger partial charge is 0.321 e. The molecular formula is C24H29ClFN3O. The molecule has 5 rings (SSSR count). The van der Waals surface area contributed by atoms with Crippen molar-refractivity contribution in [2.24, 2.45) is 0 Å². The van der Waals surface area contributed by atoms with Gasteiger partial charge in [-0.3, -0.25) is 0 Å². The molecule has 0 aromatic heterocycles. The molecule has 160 valence electrons. The van der Waals surface area contributed by atoms with E-state index in [2.05, 4.69) is 35.2 Å². The highest BCUT2D eigenvalue weighted by Crippen LogP contribution is 2.44. The van der Waals surface area contributed by atoms with E-state index in [-0.39, 0.29) is 6.04 Å². The van der Waals surface area contributed by atoms with Crippen LogP contribution >= 0.6 is 11.9 Å². The van der Waals surface area contributed by atoms with Crippen molar-refractivity contribution in [3.63, 3.8) is 0 Å². The molecular weight excluding hydrogens is 401 g/mol. The van der Waals surface area contributed by atoms with Gasteiger partial charge in [-0.2, -0.15) is 5.12 Å². The van der Waals surface area contributed by atoms with Crippen LogP contribution in [0, 0.1) is 0 Å². The van der Waals surface area contributed by atoms with Crippen molar-refractivity contribution in [1.29, 1.82) is 0 Å². The van der Waals surface area contributed by atoms with E-state index in [9.17, 15) is 4.48 Å². The van der Waals surface area contributed by atoms with Crippen molar-refractivity contribution in [2.45, 2.75) is 62.9 Å². The zero-order chi connectivity index (χ0) is 20.5. The molecule has 30 heavy (non-hydrogen) atoms. The lowest BCUT2D eigenvalue weighted by Gasteiger charge is -2.44. The van der Waals surface area contributed by atoms with Crippen LogP contribution < -0.4 is 10.0 Å². The summed E-state index contributed by atoms with van der Waals surface area (Å²) in [5, 5.41) is 0.639. The predicted molar refractivity (Wildman–Crippen MR) is 119 cm³/mol. The molecule has 0 radical (unpaired) electrons. The van der Waals surface area contributed by atoms with E-state index in [0.29, 0.717) is 22.8 Å². The predicted octanol–water partition coefficient (Wildman–Crippen LogP) is 5.84. The number of halogens is 2. The topological polar surface area (TPSA) is 19.0 Å². The van der Waals surface area contributed by atoms with Gasteiger partial charge in [-0.15, -0.1) is 0 Å². The lowest BCUT2D eigenvalue weighted by Crippen LogP contribution is -2.52. The van der Waals surface area contributed by atoms with Crippen LogP contribution in [0.15, 0.2) is 54.6 Å². The van der Waals surface area contributed by atoms with Gasteiger partial charge in [0.15, 0.2) is 0 Å². The third-order valence-corrected chi connectivity index (χ3v) is 7.39. The van der Waals surface area contributed by atoms with Gasteiger partial charge in [0.25, 0.3) is 6.35 Å². The average molecular weight is 430 g/mol. The number of benzene rings is 2. The minimum Gasteiger partial charge on any atom is -0.321 e. The Morgan fingerprint density at radius 1 is 0.833 bits per heavy atom. The monoisotopic (exact) mass is 429 g/mol. The van der Waals surface area contributed by atoms with Crippen LogP contribution in [-0.2, 0) is 4.29 Å². The Morgan fingerprint density at radius 2 is 1.53 bits per heavy atom. The molecule has 1 aliphatic carbocycles. The van der Waals surface area contributed by atoms with Gasteiger partial charge >= 0.3 is 0 Å². The first kappa shape index (κ1) is 20.1. The summed E-state index contributed by atoms with van der Waals surface area (Å²) in [4.78, 5) is 4.69. The summed E-state index contributed by atoms with van der Waals surface area (Å²) in [6.45, 7) is 2.08. The molecule has 6 heteroatoms. The van der Waals surface area contributed by atoms with Gasteiger partial charge in [0, 0.05) is 25.2 Å². The van der Waals surface area contributed by atoms with E-state index in [1.165, 1.54) is 31.2 Å². The molecule has 2 aromatic carbocycles. The second kappa shape index (κ2) is 8.74. The number of likely N-dealkylation sites (tertiary alicyclic amines) is 1. The van der Waals surface area contributed by atoms with Crippen molar-refractivity contribution in [3.05, 3.63) is 60.2 Å². The maximum atomic E-state index is 14.7. The highest BCUT2D eigenvalue weighted by molar-refractivity contribution is 6.07. The molecule has 0 spiro atoms. The molecule has 2 heterocycles. The molecule has 4 nitrogen and oxygen atoms in total. The Bertz CT molecular complexity index is 845. The third kappa shape index (κ3) is 3.68. The normalized spacial score (nSPS) is 28.0. The maximum Gasteiger partial charge on any atom is 0.256 e. The molecule has 3 atom stereocenters. The van der Waals surface area contributed by atoms with Gasteiger partial charge in [-0.1, -0.05) is 53.4 Å². The molecule has 2 aliphatic heterocycles. The molecule has 2 aromatic rings. The summed E-state index contributed by atoms with van der Waals surface area (Å²) < 4.78 is 19.7. The van der Waals surface area contributed by atoms with Crippen molar-refractivity contribution >= 4 is 23.2 Å². The van der Waals surface area contributed by atoms with Crippen molar-refractivity contribution < 1.29 is 8.77 Å². The zero-order valence-corrected chi connectivity index (χ0v) is 17.9. The minimum atomic E-state index is -0.891. The number of hydrogen-bond donors (Lipinski definition) is 0. The molecule has 1 saturated heterocycles. The first-order chi connectivity index (χ1) is 14.8. The Hall–Kier alpha value is -1.82. The number of piperidine rings is 1. The van der Waals surface area contributed by atoms with Gasteiger partial charge in [-0.05, 0) is 55.7 Å². The Labute approximate surface area is 183 Å². The van der Waals surface area contributed by atoms with Crippen molar-refractivity contribution in [3.8, 4) is 0 Å². The second-order valence-electron chi connectivity index (χ2n) is 8.82. The molecule has 1 saturated carbocycles. The van der Waals surface area contributed by atoms with Crippen LogP contribution in [0.1, 0.15) is 50.0 Å². The van der Waals surface area contributed by atoms with Crippen molar-refractivity contribution in [2.75, 3.05) is 23.1 Å². The van der Waals surface area contributed by atoms with Crippen LogP contribution in [0.25, 0.3) is 0 Å². The minimum absolute atomic E-state index is 0.223. The number of para-hydroxylation sites is 2. The smallest absolute Gasteiger partial charge is 0.256 e. The molecule has 2 unspecified atom stereocenters. The van der Waals surface area contributed by atoms with Gasteiger partial charge in [-0.25, -0.2) is 4.29 Å². The lowest BCUT2D eigenvalue weighted by atomic mass is 9.80. The van der Waals surface area contributed by atoms with Crippen LogP contribution in [0.3, 0.4) is 0 Å². The van der Waals surface area contributed by atoms with E-state index in [0.717, 1.165) is 31.6 Å².